The van der Waals surface area contributed by atoms with Crippen LogP contribution in [0.5, 0.6) is 5.75 Å². The molecular formula is C23H14ClFIN3O. The van der Waals surface area contributed by atoms with E-state index in [1.165, 1.54) is 12.1 Å². The number of hydrogen-bond donors (Lipinski definition) is 1. The number of rotatable bonds is 5. The second-order valence-corrected chi connectivity index (χ2v) is 8.06. The standard InChI is InChI=1S/C23H14ClFIN3O/c24-18-4-2-1-3-15(18)13-30-22-8-5-14(10-19(22)26)9-16(12-27)23-28-20-7-6-17(25)11-21(20)29-23/h1-11H,13H2,(H,28,29)/b16-9-. The van der Waals surface area contributed by atoms with Crippen LogP contribution in [-0.2, 0) is 6.61 Å². The first-order valence-electron chi connectivity index (χ1n) is 8.96. The van der Waals surface area contributed by atoms with E-state index in [2.05, 4.69) is 38.6 Å². The molecule has 0 spiro atoms. The fraction of sp³-hybridized carbons (Fsp3) is 0.0435. The van der Waals surface area contributed by atoms with E-state index in [9.17, 15) is 9.65 Å². The third kappa shape index (κ3) is 4.48. The van der Waals surface area contributed by atoms with Crippen LogP contribution in [0.1, 0.15) is 17.0 Å². The Balaban J connectivity index is 1.57. The number of imidazole rings is 1. The first-order chi connectivity index (χ1) is 14.5. The van der Waals surface area contributed by atoms with Gasteiger partial charge in [0.05, 0.1) is 20.2 Å². The van der Waals surface area contributed by atoms with Gasteiger partial charge in [0.2, 0.25) is 0 Å². The van der Waals surface area contributed by atoms with Crippen molar-refractivity contribution in [2.24, 2.45) is 0 Å². The molecule has 7 heteroatoms. The zero-order valence-electron chi connectivity index (χ0n) is 15.5. The minimum atomic E-state index is -0.359. The lowest BCUT2D eigenvalue weighted by atomic mass is 10.1. The highest BCUT2D eigenvalue weighted by atomic mass is 127. The van der Waals surface area contributed by atoms with E-state index in [4.69, 9.17) is 16.3 Å². The molecule has 0 atom stereocenters. The van der Waals surface area contributed by atoms with Gasteiger partial charge in [0, 0.05) is 10.6 Å². The van der Waals surface area contributed by atoms with Crippen LogP contribution in [0, 0.1) is 20.7 Å². The summed E-state index contributed by atoms with van der Waals surface area (Å²) in [6, 6.07) is 19.6. The van der Waals surface area contributed by atoms with Crippen LogP contribution >= 0.6 is 34.2 Å². The van der Waals surface area contributed by atoms with Crippen molar-refractivity contribution in [3.63, 3.8) is 0 Å². The lowest BCUT2D eigenvalue weighted by Gasteiger charge is -2.10. The molecule has 4 aromatic rings. The van der Waals surface area contributed by atoms with E-state index in [-0.39, 0.29) is 5.82 Å². The van der Waals surface area contributed by atoms with Crippen LogP contribution < -0.4 is 4.74 Å². The third-order valence-electron chi connectivity index (χ3n) is 4.43. The van der Waals surface area contributed by atoms with E-state index in [1.807, 2.05) is 42.5 Å². The molecule has 0 amide bonds. The van der Waals surface area contributed by atoms with E-state index in [0.29, 0.717) is 34.1 Å². The lowest BCUT2D eigenvalue weighted by molar-refractivity contribution is 0.304. The maximum absolute atomic E-state index is 13.4. The van der Waals surface area contributed by atoms with E-state index in [0.717, 1.165) is 20.4 Å². The normalized spacial score (nSPS) is 11.5. The molecule has 0 saturated carbocycles. The van der Waals surface area contributed by atoms with Crippen molar-refractivity contribution in [2.75, 3.05) is 0 Å². The number of H-pyrrole nitrogens is 1. The Bertz CT molecular complexity index is 1310. The molecule has 4 rings (SSSR count). The average Bonchev–Trinajstić information content (AvgIpc) is 3.15. The van der Waals surface area contributed by atoms with Gasteiger partial charge < -0.3 is 9.72 Å². The molecule has 0 fully saturated rings. The molecular weight excluding hydrogens is 516 g/mol. The van der Waals surface area contributed by atoms with Gasteiger partial charge in [-0.1, -0.05) is 35.9 Å². The Morgan fingerprint density at radius 1 is 1.20 bits per heavy atom. The minimum Gasteiger partial charge on any atom is -0.488 e. The number of ether oxygens (including phenoxy) is 1. The molecule has 4 nitrogen and oxygen atoms in total. The summed E-state index contributed by atoms with van der Waals surface area (Å²) in [7, 11) is 0. The van der Waals surface area contributed by atoms with Crippen LogP contribution in [-0.4, -0.2) is 9.97 Å². The van der Waals surface area contributed by atoms with E-state index >= 15 is 0 Å². The summed E-state index contributed by atoms with van der Waals surface area (Å²) in [6.45, 7) is 0.365. The quantitative estimate of drug-likeness (QED) is 0.234. The molecule has 0 saturated heterocycles. The Morgan fingerprint density at radius 2 is 2.03 bits per heavy atom. The van der Waals surface area contributed by atoms with Crippen LogP contribution in [0.2, 0.25) is 5.02 Å². The Hall–Kier alpha value is -2.89. The van der Waals surface area contributed by atoms with Gasteiger partial charge >= 0.3 is 0 Å². The van der Waals surface area contributed by atoms with Crippen molar-refractivity contribution in [1.82, 2.24) is 9.97 Å². The number of benzene rings is 3. The summed E-state index contributed by atoms with van der Waals surface area (Å²) in [4.78, 5) is 7.38. The van der Waals surface area contributed by atoms with E-state index < -0.39 is 0 Å². The molecule has 0 aliphatic carbocycles. The van der Waals surface area contributed by atoms with Crippen LogP contribution in [0.3, 0.4) is 0 Å². The molecule has 1 N–H and O–H groups in total. The zero-order valence-corrected chi connectivity index (χ0v) is 18.4. The second-order valence-electron chi connectivity index (χ2n) is 6.49. The zero-order chi connectivity index (χ0) is 21.1. The molecule has 1 heterocycles. The predicted molar refractivity (Wildman–Crippen MR) is 124 cm³/mol. The van der Waals surface area contributed by atoms with Crippen LogP contribution in [0.15, 0.2) is 60.7 Å². The van der Waals surface area contributed by atoms with Gasteiger partial charge in [-0.05, 0) is 70.6 Å². The fourth-order valence-electron chi connectivity index (χ4n) is 2.92. The number of allylic oxidation sites excluding steroid dienone is 1. The maximum Gasteiger partial charge on any atom is 0.149 e. The Labute approximate surface area is 191 Å². The second kappa shape index (κ2) is 8.86. The molecule has 3 aromatic carbocycles. The highest BCUT2D eigenvalue weighted by Crippen LogP contribution is 2.27. The van der Waals surface area contributed by atoms with Crippen molar-refractivity contribution >= 4 is 56.9 Å². The molecule has 1 aromatic heterocycles. The largest absolute Gasteiger partial charge is 0.488 e. The van der Waals surface area contributed by atoms with Gasteiger partial charge in [-0.25, -0.2) is 9.37 Å². The number of nitriles is 1. The van der Waals surface area contributed by atoms with Crippen molar-refractivity contribution in [3.05, 3.63) is 92.0 Å². The van der Waals surface area contributed by atoms with Crippen molar-refractivity contribution in [1.29, 1.82) is 5.26 Å². The first-order valence-corrected chi connectivity index (χ1v) is 10.4. The van der Waals surface area contributed by atoms with Gasteiger partial charge in [0.25, 0.3) is 0 Å². The number of aromatic amines is 1. The fourth-order valence-corrected chi connectivity index (χ4v) is 3.81. The smallest absolute Gasteiger partial charge is 0.149 e. The number of fused-ring (bicyclic) bond motifs is 1. The molecule has 30 heavy (non-hydrogen) atoms. The topological polar surface area (TPSA) is 61.7 Å². The van der Waals surface area contributed by atoms with Crippen molar-refractivity contribution < 1.29 is 9.13 Å². The number of nitrogens with one attached hydrogen (secondary N) is 1. The first kappa shape index (κ1) is 20.4. The van der Waals surface area contributed by atoms with Gasteiger partial charge in [-0.15, -0.1) is 0 Å². The maximum atomic E-state index is 13.4. The van der Waals surface area contributed by atoms with E-state index in [1.54, 1.807) is 12.1 Å². The predicted octanol–water partition coefficient (Wildman–Crippen LogP) is 6.60. The highest BCUT2D eigenvalue weighted by molar-refractivity contribution is 14.1. The summed E-state index contributed by atoms with van der Waals surface area (Å²) in [5.74, 6) is 0.764. The molecule has 0 bridgehead atoms. The van der Waals surface area contributed by atoms with Crippen molar-refractivity contribution in [2.45, 2.75) is 6.61 Å². The molecule has 0 radical (unpaired) electrons. The third-order valence-corrected chi connectivity index (χ3v) is 5.64. The summed E-state index contributed by atoms with van der Waals surface area (Å²) in [5, 5.41) is 10.3. The summed E-state index contributed by atoms with van der Waals surface area (Å²) in [5.41, 5.74) is 3.24. The van der Waals surface area contributed by atoms with Gasteiger partial charge in [-0.2, -0.15) is 5.26 Å². The van der Waals surface area contributed by atoms with Gasteiger partial charge in [-0.3, -0.25) is 0 Å². The monoisotopic (exact) mass is 529 g/mol. The average molecular weight is 530 g/mol. The van der Waals surface area contributed by atoms with Crippen molar-refractivity contribution in [3.8, 4) is 11.8 Å². The summed E-state index contributed by atoms with van der Waals surface area (Å²) in [6.07, 6.45) is 1.73. The Morgan fingerprint density at radius 3 is 2.80 bits per heavy atom. The SMILES string of the molecule is N#C/C(=C/c1ccc(OCc2ccccc2Cl)c(I)c1)c1nc2ccc(F)cc2[nH]1. The number of halogens is 3. The number of hydrogen-bond acceptors (Lipinski definition) is 3. The van der Waals surface area contributed by atoms with Crippen LogP contribution in [0.4, 0.5) is 4.39 Å². The minimum absolute atomic E-state index is 0.354. The molecule has 0 unspecified atom stereocenters. The molecule has 0 aliphatic rings. The molecule has 0 aliphatic heterocycles. The van der Waals surface area contributed by atoms with Crippen LogP contribution in [0.25, 0.3) is 22.7 Å². The number of nitrogens with zero attached hydrogens (tertiary/aromatic N) is 2. The molecule has 148 valence electrons. The van der Waals surface area contributed by atoms with Gasteiger partial charge in [0.1, 0.15) is 30.1 Å². The summed E-state index contributed by atoms with van der Waals surface area (Å²) < 4.78 is 20.2. The highest BCUT2D eigenvalue weighted by Gasteiger charge is 2.10. The Kier molecular flexibility index (Phi) is 6.02. The number of aromatic nitrogens is 2. The van der Waals surface area contributed by atoms with Gasteiger partial charge in [0.15, 0.2) is 0 Å². The summed E-state index contributed by atoms with van der Waals surface area (Å²) >= 11 is 8.37. The lowest BCUT2D eigenvalue weighted by Crippen LogP contribution is -1.98.